The Kier molecular flexibility index (Phi) is 9.00. The fourth-order valence-electron chi connectivity index (χ4n) is 1.25. The molecule has 0 aromatic rings. The zero-order chi connectivity index (χ0) is 11.6. The highest BCUT2D eigenvalue weighted by molar-refractivity contribution is 4.84. The molecule has 0 heterocycles. The number of aliphatic hydroxyl groups excluding tert-OH is 2. The summed E-state index contributed by atoms with van der Waals surface area (Å²) < 4.78 is 5.38. The SMILES string of the molecule is CCCCOCCNC(CC)(CO)CO. The minimum atomic E-state index is -0.548. The predicted octanol–water partition coefficient (Wildman–Crippen LogP) is 0.526. The minimum Gasteiger partial charge on any atom is -0.394 e. The van der Waals surface area contributed by atoms with Crippen LogP contribution < -0.4 is 5.32 Å². The molecule has 0 aromatic heterocycles. The van der Waals surface area contributed by atoms with Gasteiger partial charge in [-0.15, -0.1) is 0 Å². The van der Waals surface area contributed by atoms with Crippen molar-refractivity contribution in [1.29, 1.82) is 0 Å². The second-order valence-electron chi connectivity index (χ2n) is 3.84. The maximum atomic E-state index is 9.15. The molecule has 0 spiro atoms. The molecule has 4 heteroatoms. The van der Waals surface area contributed by atoms with Crippen LogP contribution in [0.2, 0.25) is 0 Å². The van der Waals surface area contributed by atoms with Crippen LogP contribution in [-0.4, -0.2) is 48.7 Å². The van der Waals surface area contributed by atoms with E-state index in [0.29, 0.717) is 19.6 Å². The first-order valence-electron chi connectivity index (χ1n) is 5.79. The van der Waals surface area contributed by atoms with Crippen LogP contribution in [0.3, 0.4) is 0 Å². The zero-order valence-electron chi connectivity index (χ0n) is 9.96. The van der Waals surface area contributed by atoms with Gasteiger partial charge in [0.2, 0.25) is 0 Å². The summed E-state index contributed by atoms with van der Waals surface area (Å²) in [6.45, 7) is 6.05. The maximum Gasteiger partial charge on any atom is 0.0646 e. The van der Waals surface area contributed by atoms with Crippen molar-refractivity contribution >= 4 is 0 Å². The Labute approximate surface area is 92.6 Å². The van der Waals surface area contributed by atoms with Crippen molar-refractivity contribution in [1.82, 2.24) is 5.32 Å². The van der Waals surface area contributed by atoms with E-state index in [0.717, 1.165) is 19.4 Å². The minimum absolute atomic E-state index is 0.0467. The third-order valence-corrected chi connectivity index (χ3v) is 2.67. The van der Waals surface area contributed by atoms with Crippen molar-refractivity contribution in [3.8, 4) is 0 Å². The molecular formula is C11H25NO3. The van der Waals surface area contributed by atoms with E-state index in [1.165, 1.54) is 0 Å². The van der Waals surface area contributed by atoms with E-state index in [4.69, 9.17) is 14.9 Å². The second kappa shape index (κ2) is 9.09. The van der Waals surface area contributed by atoms with Crippen molar-refractivity contribution in [3.63, 3.8) is 0 Å². The third kappa shape index (κ3) is 6.10. The van der Waals surface area contributed by atoms with Gasteiger partial charge in [0.05, 0.1) is 25.4 Å². The van der Waals surface area contributed by atoms with Crippen LogP contribution in [0.25, 0.3) is 0 Å². The lowest BCUT2D eigenvalue weighted by atomic mass is 9.99. The fourth-order valence-corrected chi connectivity index (χ4v) is 1.25. The largest absolute Gasteiger partial charge is 0.394 e. The number of nitrogens with one attached hydrogen (secondary N) is 1. The van der Waals surface area contributed by atoms with Crippen molar-refractivity contribution < 1.29 is 14.9 Å². The van der Waals surface area contributed by atoms with Gasteiger partial charge in [-0.05, 0) is 12.8 Å². The van der Waals surface area contributed by atoms with E-state index in [9.17, 15) is 0 Å². The van der Waals surface area contributed by atoms with Gasteiger partial charge in [-0.3, -0.25) is 0 Å². The van der Waals surface area contributed by atoms with Gasteiger partial charge in [0.25, 0.3) is 0 Å². The standard InChI is InChI=1S/C11H25NO3/c1-3-5-7-15-8-6-12-11(4-2,9-13)10-14/h12-14H,3-10H2,1-2H3. The summed E-state index contributed by atoms with van der Waals surface area (Å²) >= 11 is 0. The summed E-state index contributed by atoms with van der Waals surface area (Å²) in [7, 11) is 0. The molecule has 0 amide bonds. The summed E-state index contributed by atoms with van der Waals surface area (Å²) in [4.78, 5) is 0. The van der Waals surface area contributed by atoms with Gasteiger partial charge in [0, 0.05) is 13.2 Å². The van der Waals surface area contributed by atoms with Gasteiger partial charge < -0.3 is 20.3 Å². The molecule has 0 saturated heterocycles. The lowest BCUT2D eigenvalue weighted by Gasteiger charge is -2.29. The normalized spacial score (nSPS) is 12.0. The molecule has 0 fully saturated rings. The Hall–Kier alpha value is -0.160. The molecule has 15 heavy (non-hydrogen) atoms. The van der Waals surface area contributed by atoms with Crippen LogP contribution >= 0.6 is 0 Å². The summed E-state index contributed by atoms with van der Waals surface area (Å²) in [5.41, 5.74) is -0.548. The molecule has 0 aliphatic carbocycles. The highest BCUT2D eigenvalue weighted by atomic mass is 16.5. The number of unbranched alkanes of at least 4 members (excludes halogenated alkanes) is 1. The molecule has 0 rings (SSSR count). The highest BCUT2D eigenvalue weighted by Crippen LogP contribution is 2.07. The van der Waals surface area contributed by atoms with E-state index in [-0.39, 0.29) is 13.2 Å². The van der Waals surface area contributed by atoms with Gasteiger partial charge in [-0.25, -0.2) is 0 Å². The Morgan fingerprint density at radius 1 is 1.13 bits per heavy atom. The zero-order valence-corrected chi connectivity index (χ0v) is 9.96. The van der Waals surface area contributed by atoms with Crippen LogP contribution in [-0.2, 0) is 4.74 Å². The molecule has 0 radical (unpaired) electrons. The molecular weight excluding hydrogens is 194 g/mol. The Morgan fingerprint density at radius 2 is 1.80 bits per heavy atom. The Balaban J connectivity index is 3.54. The maximum absolute atomic E-state index is 9.15. The predicted molar refractivity (Wildman–Crippen MR) is 60.9 cm³/mol. The van der Waals surface area contributed by atoms with Crippen LogP contribution in [0.4, 0.5) is 0 Å². The van der Waals surface area contributed by atoms with E-state index in [2.05, 4.69) is 12.2 Å². The molecule has 3 N–H and O–H groups in total. The molecule has 4 nitrogen and oxygen atoms in total. The van der Waals surface area contributed by atoms with Crippen molar-refractivity contribution in [2.45, 2.75) is 38.6 Å². The highest BCUT2D eigenvalue weighted by Gasteiger charge is 2.25. The molecule has 0 bridgehead atoms. The lowest BCUT2D eigenvalue weighted by molar-refractivity contribution is 0.0717. The summed E-state index contributed by atoms with van der Waals surface area (Å²) in [5, 5.41) is 21.4. The molecule has 0 unspecified atom stereocenters. The molecule has 0 aromatic carbocycles. The summed E-state index contributed by atoms with van der Waals surface area (Å²) in [5.74, 6) is 0. The Morgan fingerprint density at radius 3 is 2.27 bits per heavy atom. The van der Waals surface area contributed by atoms with Crippen LogP contribution in [0.1, 0.15) is 33.1 Å². The van der Waals surface area contributed by atoms with Gasteiger partial charge in [-0.2, -0.15) is 0 Å². The molecule has 0 atom stereocenters. The quantitative estimate of drug-likeness (QED) is 0.469. The van der Waals surface area contributed by atoms with Crippen LogP contribution in [0.15, 0.2) is 0 Å². The Bertz CT molecular complexity index is 130. The van der Waals surface area contributed by atoms with Gasteiger partial charge in [0.15, 0.2) is 0 Å². The first-order valence-corrected chi connectivity index (χ1v) is 5.79. The van der Waals surface area contributed by atoms with Crippen molar-refractivity contribution in [3.05, 3.63) is 0 Å². The fraction of sp³-hybridized carbons (Fsp3) is 1.00. The summed E-state index contributed by atoms with van der Waals surface area (Å²) in [6, 6.07) is 0. The number of aliphatic hydroxyl groups is 2. The number of rotatable bonds is 10. The monoisotopic (exact) mass is 219 g/mol. The first kappa shape index (κ1) is 14.8. The number of hydrogen-bond donors (Lipinski definition) is 3. The number of hydrogen-bond acceptors (Lipinski definition) is 4. The molecule has 92 valence electrons. The molecule has 0 saturated carbocycles. The smallest absolute Gasteiger partial charge is 0.0646 e. The average Bonchev–Trinajstić information content (AvgIpc) is 2.29. The molecule has 0 aliphatic rings. The van der Waals surface area contributed by atoms with Crippen LogP contribution in [0.5, 0.6) is 0 Å². The van der Waals surface area contributed by atoms with Crippen molar-refractivity contribution in [2.75, 3.05) is 33.0 Å². The number of ether oxygens (including phenoxy) is 1. The molecule has 0 aliphatic heterocycles. The van der Waals surface area contributed by atoms with Crippen LogP contribution in [0, 0.1) is 0 Å². The average molecular weight is 219 g/mol. The lowest BCUT2D eigenvalue weighted by Crippen LogP contribution is -2.52. The topological polar surface area (TPSA) is 61.7 Å². The first-order chi connectivity index (χ1) is 7.24. The van der Waals surface area contributed by atoms with Gasteiger partial charge >= 0.3 is 0 Å². The second-order valence-corrected chi connectivity index (χ2v) is 3.84. The van der Waals surface area contributed by atoms with Crippen molar-refractivity contribution in [2.24, 2.45) is 0 Å². The van der Waals surface area contributed by atoms with E-state index >= 15 is 0 Å². The van der Waals surface area contributed by atoms with Gasteiger partial charge in [-0.1, -0.05) is 20.3 Å². The van der Waals surface area contributed by atoms with Gasteiger partial charge in [0.1, 0.15) is 0 Å². The van der Waals surface area contributed by atoms with E-state index in [1.807, 2.05) is 6.92 Å². The third-order valence-electron chi connectivity index (χ3n) is 2.67. The van der Waals surface area contributed by atoms with E-state index in [1.54, 1.807) is 0 Å². The summed E-state index contributed by atoms with van der Waals surface area (Å²) in [6.07, 6.45) is 2.92. The van der Waals surface area contributed by atoms with E-state index < -0.39 is 5.54 Å².